The van der Waals surface area contributed by atoms with Gasteiger partial charge in [0.1, 0.15) is 22.4 Å². The highest BCUT2D eigenvalue weighted by Gasteiger charge is 2.26. The van der Waals surface area contributed by atoms with Crippen molar-refractivity contribution < 1.29 is 27.4 Å². The second-order valence-electron chi connectivity index (χ2n) is 8.16. The topological polar surface area (TPSA) is 142 Å². The number of rotatable bonds is 13. The minimum absolute atomic E-state index is 0.287. The Morgan fingerprint density at radius 1 is 1.05 bits per heavy atom. The number of carbonyl (C=O) groups excluding carboxylic acids is 2. The lowest BCUT2D eigenvalue weighted by atomic mass is 10.0. The average Bonchev–Trinajstić information content (AvgIpc) is 3.36. The van der Waals surface area contributed by atoms with Crippen LogP contribution < -0.4 is 16.1 Å². The van der Waals surface area contributed by atoms with Gasteiger partial charge in [0, 0.05) is 11.8 Å². The van der Waals surface area contributed by atoms with Crippen molar-refractivity contribution >= 4 is 40.4 Å². The molecule has 0 spiro atoms. The number of benzene rings is 2. The lowest BCUT2D eigenvalue weighted by molar-refractivity contribution is -0.123. The fraction of sp³-hybridized carbons (Fsp3) is 0.320. The molecule has 2 aromatic carbocycles. The molecule has 0 fully saturated rings. The van der Waals surface area contributed by atoms with E-state index >= 15 is 0 Å². The zero-order valence-electron chi connectivity index (χ0n) is 20.5. The molecule has 0 aliphatic carbocycles. The minimum atomic E-state index is -2.69. The van der Waals surface area contributed by atoms with Gasteiger partial charge in [0.25, 0.3) is 0 Å². The normalized spacial score (nSPS) is 13.3. The van der Waals surface area contributed by atoms with Gasteiger partial charge in [-0.1, -0.05) is 55.8 Å². The van der Waals surface area contributed by atoms with Crippen LogP contribution in [0.3, 0.4) is 0 Å². The molecule has 0 saturated carbocycles. The van der Waals surface area contributed by atoms with E-state index in [0.29, 0.717) is 12.1 Å². The summed E-state index contributed by atoms with van der Waals surface area (Å²) in [5.74, 6) is -0.365. The quantitative estimate of drug-likeness (QED) is 0.219. The summed E-state index contributed by atoms with van der Waals surface area (Å²) in [5.41, 5.74) is 5.51. The number of methoxy groups -OCH3 is 1. The molecule has 12 heteroatoms. The summed E-state index contributed by atoms with van der Waals surface area (Å²) in [7, 11) is 1.25. The van der Waals surface area contributed by atoms with Crippen LogP contribution in [-0.2, 0) is 44.4 Å². The van der Waals surface area contributed by atoms with Crippen molar-refractivity contribution in [2.24, 2.45) is 0 Å². The average molecular weight is 546 g/mol. The highest BCUT2D eigenvalue weighted by Crippen LogP contribution is 2.24. The molecule has 2 amide bonds. The Morgan fingerprint density at radius 2 is 1.76 bits per heavy atom. The zero-order chi connectivity index (χ0) is 26.6. The van der Waals surface area contributed by atoms with Crippen molar-refractivity contribution in [3.8, 4) is 0 Å². The first-order valence-corrected chi connectivity index (χ1v) is 13.5. The van der Waals surface area contributed by atoms with Crippen molar-refractivity contribution in [3.05, 3.63) is 81.8 Å². The molecule has 0 bridgehead atoms. The number of aromatic nitrogens is 1. The molecule has 0 aliphatic rings. The summed E-state index contributed by atoms with van der Waals surface area (Å²) >= 11 is -1.22. The number of carbonyl (C=O) groups is 2. The Bertz CT molecular complexity index is 1170. The van der Waals surface area contributed by atoms with Crippen molar-refractivity contribution in [1.82, 2.24) is 15.6 Å². The van der Waals surface area contributed by atoms with Crippen LogP contribution >= 0.6 is 11.3 Å². The maximum Gasteiger partial charge on any atom is 0.407 e. The Hall–Kier alpha value is -3.32. The van der Waals surface area contributed by atoms with E-state index in [1.54, 1.807) is 24.3 Å². The highest BCUT2D eigenvalue weighted by atomic mass is 32.2. The summed E-state index contributed by atoms with van der Waals surface area (Å²) in [4.78, 5) is 30.1. The number of thiazole rings is 1. The third-order valence-electron chi connectivity index (χ3n) is 5.39. The molecular weight excluding hydrogens is 516 g/mol. The van der Waals surface area contributed by atoms with E-state index in [1.807, 2.05) is 35.7 Å². The fourth-order valence-electron chi connectivity index (χ4n) is 3.61. The number of hydrogen-bond acceptors (Lipinski definition) is 9. The number of aryl methyl sites for hydroxylation is 1. The summed E-state index contributed by atoms with van der Waals surface area (Å²) in [5, 5.41) is 8.42. The molecular formula is C25H29N4O6S2-. The van der Waals surface area contributed by atoms with Gasteiger partial charge in [-0.2, -0.15) is 4.28 Å². The molecule has 1 heterocycles. The molecule has 0 radical (unpaired) electrons. The molecule has 3 N–H and O–H groups in total. The first-order valence-electron chi connectivity index (χ1n) is 11.6. The van der Waals surface area contributed by atoms with Crippen LogP contribution in [-0.4, -0.2) is 38.9 Å². The molecule has 0 aliphatic heterocycles. The van der Waals surface area contributed by atoms with Crippen LogP contribution in [0, 0.1) is 0 Å². The van der Waals surface area contributed by atoms with Gasteiger partial charge in [-0.3, -0.25) is 10.3 Å². The van der Waals surface area contributed by atoms with E-state index in [2.05, 4.69) is 27.3 Å². The van der Waals surface area contributed by atoms with Crippen LogP contribution in [0.25, 0.3) is 0 Å². The fourth-order valence-corrected chi connectivity index (χ4v) is 4.68. The molecule has 1 unspecified atom stereocenters. The van der Waals surface area contributed by atoms with Crippen molar-refractivity contribution in [1.29, 1.82) is 0 Å². The van der Waals surface area contributed by atoms with Crippen molar-refractivity contribution in [2.75, 3.05) is 12.6 Å². The molecule has 198 valence electrons. The van der Waals surface area contributed by atoms with Gasteiger partial charge in [-0.05, 0) is 36.1 Å². The lowest BCUT2D eigenvalue weighted by Gasteiger charge is -2.22. The molecule has 10 nitrogen and oxygen atoms in total. The number of hydrogen-bond donors (Lipinski definition) is 3. The zero-order valence-corrected chi connectivity index (χ0v) is 22.1. The molecule has 3 rings (SSSR count). The first kappa shape index (κ1) is 28.3. The summed E-state index contributed by atoms with van der Waals surface area (Å²) in [6, 6.07) is 15.0. The van der Waals surface area contributed by atoms with Gasteiger partial charge in [0.05, 0.1) is 24.5 Å². The van der Waals surface area contributed by atoms with E-state index in [4.69, 9.17) is 9.72 Å². The van der Waals surface area contributed by atoms with Gasteiger partial charge in [-0.25, -0.2) is 14.0 Å². The van der Waals surface area contributed by atoms with Gasteiger partial charge in [0.2, 0.25) is 5.91 Å². The molecule has 3 atom stereocenters. The van der Waals surface area contributed by atoms with Gasteiger partial charge in [-0.15, -0.1) is 11.3 Å². The predicted molar refractivity (Wildman–Crippen MR) is 140 cm³/mol. The lowest BCUT2D eigenvalue weighted by Crippen LogP contribution is -2.49. The Morgan fingerprint density at radius 3 is 2.41 bits per heavy atom. The van der Waals surface area contributed by atoms with Gasteiger partial charge < -0.3 is 19.9 Å². The third kappa shape index (κ3) is 9.25. The van der Waals surface area contributed by atoms with E-state index in [9.17, 15) is 18.4 Å². The Labute approximate surface area is 222 Å². The summed E-state index contributed by atoms with van der Waals surface area (Å²) in [6.45, 7) is 2.08. The first-order chi connectivity index (χ1) is 17.9. The number of anilines is 1. The van der Waals surface area contributed by atoms with Gasteiger partial charge in [0.15, 0.2) is 0 Å². The van der Waals surface area contributed by atoms with Crippen molar-refractivity contribution in [2.45, 2.75) is 44.7 Å². The van der Waals surface area contributed by atoms with E-state index in [0.717, 1.165) is 34.7 Å². The number of amides is 2. The maximum absolute atomic E-state index is 13.4. The second kappa shape index (κ2) is 14.4. The van der Waals surface area contributed by atoms with Crippen LogP contribution in [0.2, 0.25) is 0 Å². The number of ether oxygens (including phenoxy) is 1. The standard InChI is InChI=1S/C25H30N4O6S2/c1-3-7-20-16-36-24(26-20)22(15-18-10-12-19(13-11-18)29-35-37(32)33)27-23(30)21(28-25(31)34-2)14-17-8-5-4-6-9-17/h4-6,8-13,16,21-22,29H,3,7,14-15H2,1-2H3,(H,27,30)(H,28,31)(H,32,33)/p-1/t21-,22-/m0/s1. The second-order valence-corrected chi connectivity index (χ2v) is 9.62. The maximum atomic E-state index is 13.4. The molecule has 37 heavy (non-hydrogen) atoms. The van der Waals surface area contributed by atoms with Crippen LogP contribution in [0.1, 0.15) is 41.2 Å². The van der Waals surface area contributed by atoms with E-state index in [-0.39, 0.29) is 12.3 Å². The van der Waals surface area contributed by atoms with Gasteiger partial charge >= 0.3 is 6.09 Å². The summed E-state index contributed by atoms with van der Waals surface area (Å²) in [6.07, 6.45) is 1.80. The van der Waals surface area contributed by atoms with E-state index < -0.39 is 29.5 Å². The monoisotopic (exact) mass is 545 g/mol. The van der Waals surface area contributed by atoms with Crippen LogP contribution in [0.15, 0.2) is 60.0 Å². The number of nitrogens with zero attached hydrogens (tertiary/aromatic N) is 1. The number of nitrogens with one attached hydrogen (secondary N) is 3. The number of alkyl carbamates (subject to hydrolysis) is 1. The Kier molecular flexibility index (Phi) is 11.0. The minimum Gasteiger partial charge on any atom is -0.748 e. The smallest absolute Gasteiger partial charge is 0.407 e. The SMILES string of the molecule is CCCc1csc([C@H](Cc2ccc(NOS(=O)[O-])cc2)NC(=O)[C@H](Cc2ccccc2)NC(=O)OC)n1. The Balaban J connectivity index is 1.80. The van der Waals surface area contributed by atoms with Crippen LogP contribution in [0.4, 0.5) is 10.5 Å². The largest absolute Gasteiger partial charge is 0.748 e. The molecule has 0 saturated heterocycles. The molecule has 3 aromatic rings. The van der Waals surface area contributed by atoms with Crippen LogP contribution in [0.5, 0.6) is 0 Å². The predicted octanol–water partition coefficient (Wildman–Crippen LogP) is 3.60. The molecule has 1 aromatic heterocycles. The van der Waals surface area contributed by atoms with Crippen molar-refractivity contribution in [3.63, 3.8) is 0 Å². The highest BCUT2D eigenvalue weighted by molar-refractivity contribution is 7.74. The third-order valence-corrected chi connectivity index (χ3v) is 6.61. The summed E-state index contributed by atoms with van der Waals surface area (Å²) < 4.78 is 30.3. The van der Waals surface area contributed by atoms with E-state index in [1.165, 1.54) is 18.4 Å².